The van der Waals surface area contributed by atoms with Crippen molar-refractivity contribution in [3.63, 3.8) is 0 Å². The van der Waals surface area contributed by atoms with E-state index in [4.69, 9.17) is 0 Å². The van der Waals surface area contributed by atoms with E-state index in [0.29, 0.717) is 0 Å². The van der Waals surface area contributed by atoms with Crippen molar-refractivity contribution in [2.24, 2.45) is 0 Å². The number of allylic oxidation sites excluding steroid dienone is 2. The number of benzene rings is 2. The molecule has 3 rings (SSSR count). The van der Waals surface area contributed by atoms with Gasteiger partial charge in [0.1, 0.15) is 0 Å². The summed E-state index contributed by atoms with van der Waals surface area (Å²) in [7, 11) is 0. The Kier molecular flexibility index (Phi) is 11.8. The average Bonchev–Trinajstić information content (AvgIpc) is 3.15. The van der Waals surface area contributed by atoms with E-state index >= 15 is 0 Å². The van der Waals surface area contributed by atoms with Gasteiger partial charge in [0.2, 0.25) is 11.4 Å². The summed E-state index contributed by atoms with van der Waals surface area (Å²) < 4.78 is 1.45. The van der Waals surface area contributed by atoms with Gasteiger partial charge in [-0.3, -0.25) is 0 Å². The van der Waals surface area contributed by atoms with Gasteiger partial charge in [-0.15, -0.1) is 0 Å². The molecule has 0 saturated heterocycles. The second kappa shape index (κ2) is 14.3. The molecule has 0 unspecified atom stereocenters. The van der Waals surface area contributed by atoms with Crippen LogP contribution in [-0.2, 0) is 29.3 Å². The standard InChI is InChI=1S/C30H40N2.Ni/c1-4-7-10-11-18-28-23-29(26-19-12-16-24(21-26)14-8-5-2)32(31)30(28)27-20-13-17-25(22-27)15-9-6-3;/h12-13,16-17,19-23H,4-11,14-15,18H2,1-3H3;. The molecule has 0 spiro atoms. The van der Waals surface area contributed by atoms with Crippen molar-refractivity contribution in [3.8, 4) is 0 Å². The fourth-order valence-electron chi connectivity index (χ4n) is 4.52. The van der Waals surface area contributed by atoms with Gasteiger partial charge in [0.25, 0.3) is 0 Å². The Morgan fingerprint density at radius 3 is 1.85 bits per heavy atom. The maximum atomic E-state index is 11.4. The van der Waals surface area contributed by atoms with Crippen LogP contribution < -0.4 is 0 Å². The Balaban J connectivity index is 0.00000385. The Bertz CT molecular complexity index is 971. The van der Waals surface area contributed by atoms with E-state index < -0.39 is 0 Å². The molecule has 0 aliphatic carbocycles. The SMILES string of the molecule is CCCCCCC1=C(c2cccc(CCCC)c2)[N+](=[N-])C(c2cccc(CCCC)c2)=C1.[Ni]. The molecule has 33 heavy (non-hydrogen) atoms. The molecule has 0 saturated carbocycles. The third kappa shape index (κ3) is 7.51. The summed E-state index contributed by atoms with van der Waals surface area (Å²) in [6.45, 7) is 6.72. The molecule has 1 heterocycles. The van der Waals surface area contributed by atoms with Gasteiger partial charge in [0.15, 0.2) is 0 Å². The molecular formula is C30H40N2Ni. The molecule has 0 aromatic heterocycles. The summed E-state index contributed by atoms with van der Waals surface area (Å²) in [6, 6.07) is 17.5. The molecule has 2 aromatic carbocycles. The molecule has 0 radical (unpaired) electrons. The first-order chi connectivity index (χ1) is 15.7. The molecule has 0 bridgehead atoms. The topological polar surface area (TPSA) is 25.3 Å². The number of hydrogen-bond donors (Lipinski definition) is 0. The zero-order chi connectivity index (χ0) is 22.8. The molecule has 0 amide bonds. The third-order valence-corrected chi connectivity index (χ3v) is 6.42. The largest absolute Gasteiger partial charge is 0.493 e. The Hall–Kier alpha value is -1.99. The van der Waals surface area contributed by atoms with E-state index in [0.717, 1.165) is 48.2 Å². The molecule has 0 fully saturated rings. The summed E-state index contributed by atoms with van der Waals surface area (Å²) in [5.74, 6) is 0. The first-order valence-electron chi connectivity index (χ1n) is 12.8. The summed E-state index contributed by atoms with van der Waals surface area (Å²) in [4.78, 5) is 0. The van der Waals surface area contributed by atoms with E-state index in [1.165, 1.54) is 66.3 Å². The Morgan fingerprint density at radius 1 is 0.667 bits per heavy atom. The predicted octanol–water partition coefficient (Wildman–Crippen LogP) is 9.14. The maximum absolute atomic E-state index is 11.4. The van der Waals surface area contributed by atoms with Crippen molar-refractivity contribution in [2.75, 3.05) is 0 Å². The van der Waals surface area contributed by atoms with Gasteiger partial charge in [-0.1, -0.05) is 77.1 Å². The Labute approximate surface area is 211 Å². The van der Waals surface area contributed by atoms with Gasteiger partial charge in [-0.2, -0.15) is 0 Å². The summed E-state index contributed by atoms with van der Waals surface area (Å²) in [5, 5.41) is 0. The maximum Gasteiger partial charge on any atom is 0.210 e. The second-order valence-corrected chi connectivity index (χ2v) is 9.13. The molecule has 180 valence electrons. The van der Waals surface area contributed by atoms with Gasteiger partial charge in [0.05, 0.1) is 0 Å². The minimum absolute atomic E-state index is 0. The molecule has 0 N–H and O–H groups in total. The molecular weight excluding hydrogens is 447 g/mol. The number of unbranched alkanes of at least 4 members (excludes halogenated alkanes) is 5. The third-order valence-electron chi connectivity index (χ3n) is 6.42. The molecule has 3 heteroatoms. The van der Waals surface area contributed by atoms with Crippen LogP contribution in [0, 0.1) is 0 Å². The molecule has 2 nitrogen and oxygen atoms in total. The summed E-state index contributed by atoms with van der Waals surface area (Å²) >= 11 is 0. The minimum atomic E-state index is 0. The molecule has 0 atom stereocenters. The predicted molar refractivity (Wildman–Crippen MR) is 137 cm³/mol. The van der Waals surface area contributed by atoms with Gasteiger partial charge < -0.3 is 5.53 Å². The van der Waals surface area contributed by atoms with E-state index in [-0.39, 0.29) is 16.5 Å². The van der Waals surface area contributed by atoms with Gasteiger partial charge >= 0.3 is 0 Å². The van der Waals surface area contributed by atoms with Crippen molar-refractivity contribution >= 4 is 11.4 Å². The van der Waals surface area contributed by atoms with Crippen molar-refractivity contribution in [1.82, 2.24) is 0 Å². The van der Waals surface area contributed by atoms with Crippen LogP contribution in [0.15, 0.2) is 60.2 Å². The van der Waals surface area contributed by atoms with Crippen LogP contribution >= 0.6 is 0 Å². The van der Waals surface area contributed by atoms with Gasteiger partial charge in [-0.05, 0) is 73.9 Å². The van der Waals surface area contributed by atoms with E-state index in [9.17, 15) is 5.53 Å². The van der Waals surface area contributed by atoms with E-state index in [1.807, 2.05) is 0 Å². The van der Waals surface area contributed by atoms with Crippen molar-refractivity contribution in [1.29, 1.82) is 0 Å². The van der Waals surface area contributed by atoms with Gasteiger partial charge in [0, 0.05) is 39.3 Å². The quantitative estimate of drug-likeness (QED) is 0.153. The van der Waals surface area contributed by atoms with Crippen LogP contribution in [-0.4, -0.2) is 4.70 Å². The normalized spacial score (nSPS) is 13.3. The molecule has 1 aliphatic heterocycles. The van der Waals surface area contributed by atoms with Crippen LogP contribution in [0.25, 0.3) is 16.9 Å². The number of hydrogen-bond acceptors (Lipinski definition) is 0. The monoisotopic (exact) mass is 486 g/mol. The number of rotatable bonds is 13. The average molecular weight is 487 g/mol. The van der Waals surface area contributed by atoms with Crippen LogP contribution in [0.2, 0.25) is 0 Å². The van der Waals surface area contributed by atoms with Crippen LogP contribution in [0.5, 0.6) is 0 Å². The minimum Gasteiger partial charge on any atom is -0.493 e. The number of nitrogens with zero attached hydrogens (tertiary/aromatic N) is 2. The molecule has 1 aliphatic rings. The first kappa shape index (κ1) is 27.3. The zero-order valence-corrected chi connectivity index (χ0v) is 21.7. The summed E-state index contributed by atoms with van der Waals surface area (Å²) in [6.07, 6.45) is 15.1. The van der Waals surface area contributed by atoms with Crippen molar-refractivity contribution < 1.29 is 21.2 Å². The van der Waals surface area contributed by atoms with Crippen LogP contribution in [0.4, 0.5) is 0 Å². The molecule has 2 aromatic rings. The van der Waals surface area contributed by atoms with Crippen LogP contribution in [0.1, 0.15) is 101 Å². The van der Waals surface area contributed by atoms with Crippen molar-refractivity contribution in [3.05, 3.63) is 88.0 Å². The van der Waals surface area contributed by atoms with Crippen molar-refractivity contribution in [2.45, 2.75) is 91.4 Å². The van der Waals surface area contributed by atoms with E-state index in [1.54, 1.807) is 0 Å². The van der Waals surface area contributed by atoms with Gasteiger partial charge in [-0.25, -0.2) is 4.70 Å². The zero-order valence-electron chi connectivity index (χ0n) is 20.7. The van der Waals surface area contributed by atoms with Crippen LogP contribution in [0.3, 0.4) is 0 Å². The smallest absolute Gasteiger partial charge is 0.210 e. The fourth-order valence-corrected chi connectivity index (χ4v) is 4.52. The Morgan fingerprint density at radius 2 is 1.24 bits per heavy atom. The first-order valence-corrected chi connectivity index (χ1v) is 12.8. The second-order valence-electron chi connectivity index (χ2n) is 9.13. The summed E-state index contributed by atoms with van der Waals surface area (Å²) in [5.41, 5.74) is 19.4. The fraction of sp³-hybridized carbons (Fsp3) is 0.467. The number of aryl methyl sites for hydroxylation is 2. The van der Waals surface area contributed by atoms with E-state index in [2.05, 4.69) is 75.4 Å².